The molecule has 2 aliphatic heterocycles. The minimum atomic E-state index is -3.71. The molecule has 0 aromatic carbocycles. The van der Waals surface area contributed by atoms with Crippen LogP contribution in [-0.4, -0.2) is 66.5 Å². The van der Waals surface area contributed by atoms with Gasteiger partial charge >= 0.3 is 10.2 Å². The Labute approximate surface area is 143 Å². The quantitative estimate of drug-likeness (QED) is 0.735. The maximum Gasteiger partial charge on any atom is 0.305 e. The predicted octanol–water partition coefficient (Wildman–Crippen LogP) is 0.247. The molecule has 0 aromatic rings. The normalized spacial score (nSPS) is 22.8. The summed E-state index contributed by atoms with van der Waals surface area (Å²) in [6.07, 6.45) is 6.27. The lowest BCUT2D eigenvalue weighted by atomic mass is 10.1. The van der Waals surface area contributed by atoms with Gasteiger partial charge < -0.3 is 10.2 Å². The maximum atomic E-state index is 12.6. The van der Waals surface area contributed by atoms with Crippen LogP contribution in [0.5, 0.6) is 0 Å². The van der Waals surface area contributed by atoms with Crippen molar-refractivity contribution in [3.8, 4) is 0 Å². The van der Waals surface area contributed by atoms with Gasteiger partial charge in [0.1, 0.15) is 6.67 Å². The zero-order valence-corrected chi connectivity index (χ0v) is 15.1. The van der Waals surface area contributed by atoms with Crippen LogP contribution in [0.25, 0.3) is 0 Å². The van der Waals surface area contributed by atoms with E-state index in [4.69, 9.17) is 0 Å². The van der Waals surface area contributed by atoms with Crippen molar-refractivity contribution in [1.82, 2.24) is 18.8 Å². The SMILES string of the molecule is CCCCC(=O)NC1CCCN(S(=O)(=O)N2C=CN(C)C2)CC1=O. The van der Waals surface area contributed by atoms with Gasteiger partial charge in [-0.2, -0.15) is 12.7 Å². The van der Waals surface area contributed by atoms with Crippen molar-refractivity contribution in [3.05, 3.63) is 12.4 Å². The summed E-state index contributed by atoms with van der Waals surface area (Å²) in [5.74, 6) is -0.395. The van der Waals surface area contributed by atoms with Crippen molar-refractivity contribution in [2.45, 2.75) is 45.1 Å². The van der Waals surface area contributed by atoms with E-state index in [2.05, 4.69) is 5.32 Å². The molecule has 0 saturated carbocycles. The lowest BCUT2D eigenvalue weighted by Crippen LogP contribution is -2.47. The molecule has 0 radical (unpaired) electrons. The summed E-state index contributed by atoms with van der Waals surface area (Å²) in [4.78, 5) is 26.0. The van der Waals surface area contributed by atoms with Crippen LogP contribution in [0.2, 0.25) is 0 Å². The summed E-state index contributed by atoms with van der Waals surface area (Å²) in [6.45, 7) is 2.32. The lowest BCUT2D eigenvalue weighted by molar-refractivity contribution is -0.127. The molecular formula is C15H26N4O4S. The van der Waals surface area contributed by atoms with Gasteiger partial charge in [0, 0.05) is 32.4 Å². The number of ketones is 1. The van der Waals surface area contributed by atoms with Gasteiger partial charge in [-0.1, -0.05) is 13.3 Å². The molecule has 1 saturated heterocycles. The third kappa shape index (κ3) is 4.47. The second-order valence-electron chi connectivity index (χ2n) is 6.26. The van der Waals surface area contributed by atoms with E-state index in [9.17, 15) is 18.0 Å². The Morgan fingerprint density at radius 2 is 2.12 bits per heavy atom. The van der Waals surface area contributed by atoms with Crippen molar-refractivity contribution in [3.63, 3.8) is 0 Å². The van der Waals surface area contributed by atoms with Crippen LogP contribution in [0, 0.1) is 0 Å². The van der Waals surface area contributed by atoms with Gasteiger partial charge in [0.25, 0.3) is 0 Å². The van der Waals surface area contributed by atoms with Gasteiger partial charge in [0.05, 0.1) is 12.6 Å². The van der Waals surface area contributed by atoms with Crippen molar-refractivity contribution in [2.75, 3.05) is 26.8 Å². The molecule has 0 aliphatic carbocycles. The highest BCUT2D eigenvalue weighted by molar-refractivity contribution is 7.86. The van der Waals surface area contributed by atoms with E-state index in [-0.39, 0.29) is 31.4 Å². The molecule has 1 atom stereocenters. The van der Waals surface area contributed by atoms with Crippen molar-refractivity contribution in [2.24, 2.45) is 0 Å². The van der Waals surface area contributed by atoms with Gasteiger partial charge in [-0.25, -0.2) is 4.31 Å². The van der Waals surface area contributed by atoms with Crippen LogP contribution >= 0.6 is 0 Å². The molecular weight excluding hydrogens is 332 g/mol. The fourth-order valence-electron chi connectivity index (χ4n) is 2.75. The largest absolute Gasteiger partial charge is 0.361 e. The Morgan fingerprint density at radius 3 is 2.75 bits per heavy atom. The van der Waals surface area contributed by atoms with Crippen LogP contribution in [0.3, 0.4) is 0 Å². The monoisotopic (exact) mass is 358 g/mol. The maximum absolute atomic E-state index is 12.6. The Hall–Kier alpha value is -1.61. The summed E-state index contributed by atoms with van der Waals surface area (Å²) < 4.78 is 27.7. The zero-order valence-electron chi connectivity index (χ0n) is 14.3. The average Bonchev–Trinajstić information content (AvgIpc) is 2.89. The molecule has 1 amide bonds. The number of carbonyl (C=O) groups is 2. The first-order chi connectivity index (χ1) is 11.3. The summed E-state index contributed by atoms with van der Waals surface area (Å²) >= 11 is 0. The summed E-state index contributed by atoms with van der Waals surface area (Å²) in [5, 5.41) is 2.75. The number of amides is 1. The fourth-order valence-corrected chi connectivity index (χ4v) is 4.23. The molecule has 2 heterocycles. The Morgan fingerprint density at radius 1 is 1.38 bits per heavy atom. The molecule has 9 heteroatoms. The number of hydrogen-bond donors (Lipinski definition) is 1. The van der Waals surface area contributed by atoms with E-state index < -0.39 is 16.3 Å². The predicted molar refractivity (Wildman–Crippen MR) is 89.8 cm³/mol. The van der Waals surface area contributed by atoms with Gasteiger partial charge in [-0.15, -0.1) is 0 Å². The zero-order chi connectivity index (χ0) is 17.7. The average molecular weight is 358 g/mol. The first-order valence-electron chi connectivity index (χ1n) is 8.32. The first kappa shape index (κ1) is 18.7. The summed E-state index contributed by atoms with van der Waals surface area (Å²) in [5.41, 5.74) is 0. The minimum absolute atomic E-state index is 0.143. The standard InChI is InChI=1S/C15H26N4O4S/c1-3-4-7-15(21)16-13-6-5-8-18(11-14(13)20)24(22,23)19-10-9-17(2)12-19/h9-10,13H,3-8,11-12H2,1-2H3,(H,16,21). The van der Waals surface area contributed by atoms with E-state index in [1.807, 2.05) is 6.92 Å². The van der Waals surface area contributed by atoms with E-state index in [1.165, 1.54) is 14.8 Å². The Balaban J connectivity index is 1.98. The molecule has 1 fully saturated rings. The number of rotatable bonds is 6. The van der Waals surface area contributed by atoms with Gasteiger partial charge in [-0.05, 0) is 19.3 Å². The second kappa shape index (κ2) is 7.98. The third-order valence-corrected chi connectivity index (χ3v) is 5.98. The highest BCUT2D eigenvalue weighted by Gasteiger charge is 2.35. The summed E-state index contributed by atoms with van der Waals surface area (Å²) in [6, 6.07) is -0.591. The molecule has 8 nitrogen and oxygen atoms in total. The topological polar surface area (TPSA) is 90.0 Å². The van der Waals surface area contributed by atoms with Gasteiger partial charge in [-0.3, -0.25) is 9.59 Å². The van der Waals surface area contributed by atoms with E-state index in [0.29, 0.717) is 19.3 Å². The molecule has 0 aromatic heterocycles. The van der Waals surface area contributed by atoms with Crippen molar-refractivity contribution >= 4 is 21.9 Å². The number of Topliss-reactive ketones (excluding diaryl/α,β-unsaturated/α-hetero) is 1. The molecule has 1 N–H and O–H groups in total. The van der Waals surface area contributed by atoms with Crippen LogP contribution in [0.15, 0.2) is 12.4 Å². The molecule has 0 spiro atoms. The van der Waals surface area contributed by atoms with Crippen molar-refractivity contribution in [1.29, 1.82) is 0 Å². The van der Waals surface area contributed by atoms with Crippen LogP contribution < -0.4 is 5.32 Å². The molecule has 1 unspecified atom stereocenters. The van der Waals surface area contributed by atoms with E-state index in [0.717, 1.165) is 12.8 Å². The Bertz CT molecular complexity index is 605. The second-order valence-corrected chi connectivity index (χ2v) is 8.14. The molecule has 2 aliphatic rings. The highest BCUT2D eigenvalue weighted by Crippen LogP contribution is 2.18. The Kier molecular flexibility index (Phi) is 6.22. The van der Waals surface area contributed by atoms with Gasteiger partial charge in [0.2, 0.25) is 5.91 Å². The smallest absolute Gasteiger partial charge is 0.305 e. The summed E-state index contributed by atoms with van der Waals surface area (Å²) in [7, 11) is -1.93. The van der Waals surface area contributed by atoms with Crippen LogP contribution in [0.4, 0.5) is 0 Å². The minimum Gasteiger partial charge on any atom is -0.361 e. The molecule has 136 valence electrons. The van der Waals surface area contributed by atoms with Gasteiger partial charge in [0.15, 0.2) is 5.78 Å². The number of nitrogens with one attached hydrogen (secondary N) is 1. The van der Waals surface area contributed by atoms with Crippen LogP contribution in [-0.2, 0) is 19.8 Å². The first-order valence-corrected chi connectivity index (χ1v) is 9.72. The number of unbranched alkanes of at least 4 members (excludes halogenated alkanes) is 1. The van der Waals surface area contributed by atoms with Crippen molar-refractivity contribution < 1.29 is 18.0 Å². The molecule has 2 rings (SSSR count). The molecule has 24 heavy (non-hydrogen) atoms. The van der Waals surface area contributed by atoms with Crippen LogP contribution in [0.1, 0.15) is 39.0 Å². The number of hydrogen-bond acceptors (Lipinski definition) is 5. The lowest BCUT2D eigenvalue weighted by Gasteiger charge is -2.26. The highest BCUT2D eigenvalue weighted by atomic mass is 32.2. The number of nitrogens with zero attached hydrogens (tertiary/aromatic N) is 3. The molecule has 0 bridgehead atoms. The fraction of sp³-hybridized carbons (Fsp3) is 0.733. The van der Waals surface area contributed by atoms with E-state index in [1.54, 1.807) is 18.1 Å². The number of carbonyl (C=O) groups excluding carboxylic acids is 2. The third-order valence-electron chi connectivity index (χ3n) is 4.19. The van der Waals surface area contributed by atoms with E-state index >= 15 is 0 Å².